The van der Waals surface area contributed by atoms with Crippen molar-refractivity contribution in [2.24, 2.45) is 0 Å². The number of pyridine rings is 1. The van der Waals surface area contributed by atoms with Crippen LogP contribution in [0.2, 0.25) is 0 Å². The number of carbonyl (C=O) groups is 1. The van der Waals surface area contributed by atoms with E-state index < -0.39 is 0 Å². The molecule has 17 heavy (non-hydrogen) atoms. The van der Waals surface area contributed by atoms with Crippen LogP contribution in [0.4, 0.5) is 0 Å². The smallest absolute Gasteiger partial charge is 0.251 e. The zero-order chi connectivity index (χ0) is 12.1. The first-order chi connectivity index (χ1) is 8.25. The summed E-state index contributed by atoms with van der Waals surface area (Å²) in [7, 11) is 0. The summed E-state index contributed by atoms with van der Waals surface area (Å²) in [6, 6.07) is 3.88. The molecular formula is C13H19N3O. The second kappa shape index (κ2) is 5.77. The van der Waals surface area contributed by atoms with Gasteiger partial charge in [-0.15, -0.1) is 0 Å². The number of carbonyl (C=O) groups excluding carboxylic acids is 1. The van der Waals surface area contributed by atoms with Crippen molar-refractivity contribution in [1.29, 1.82) is 0 Å². The van der Waals surface area contributed by atoms with Gasteiger partial charge in [0.25, 0.3) is 5.91 Å². The Morgan fingerprint density at radius 2 is 2.35 bits per heavy atom. The van der Waals surface area contributed by atoms with E-state index in [1.54, 1.807) is 12.3 Å². The monoisotopic (exact) mass is 233 g/mol. The predicted molar refractivity (Wildman–Crippen MR) is 66.9 cm³/mol. The molecule has 1 saturated heterocycles. The van der Waals surface area contributed by atoms with Crippen LogP contribution in [-0.2, 0) is 0 Å². The van der Waals surface area contributed by atoms with Gasteiger partial charge in [0.15, 0.2) is 0 Å². The summed E-state index contributed by atoms with van der Waals surface area (Å²) >= 11 is 0. The zero-order valence-electron chi connectivity index (χ0n) is 10.2. The Kier molecular flexibility index (Phi) is 4.09. The molecule has 4 nitrogen and oxygen atoms in total. The maximum atomic E-state index is 12.0. The van der Waals surface area contributed by atoms with E-state index in [4.69, 9.17) is 0 Å². The molecule has 1 aliphatic heterocycles. The molecule has 2 heterocycles. The van der Waals surface area contributed by atoms with Gasteiger partial charge in [-0.1, -0.05) is 0 Å². The number of amides is 1. The number of rotatable bonds is 2. The summed E-state index contributed by atoms with van der Waals surface area (Å²) in [5.74, 6) is 0.0161. The van der Waals surface area contributed by atoms with Gasteiger partial charge in [0.2, 0.25) is 0 Å². The molecule has 92 valence electrons. The van der Waals surface area contributed by atoms with Crippen molar-refractivity contribution in [3.63, 3.8) is 0 Å². The van der Waals surface area contributed by atoms with Crippen molar-refractivity contribution in [1.82, 2.24) is 15.6 Å². The molecule has 0 saturated carbocycles. The van der Waals surface area contributed by atoms with Gasteiger partial charge in [-0.3, -0.25) is 9.78 Å². The lowest BCUT2D eigenvalue weighted by Gasteiger charge is -2.15. The van der Waals surface area contributed by atoms with Crippen molar-refractivity contribution in [2.75, 3.05) is 13.1 Å². The Morgan fingerprint density at radius 3 is 3.18 bits per heavy atom. The van der Waals surface area contributed by atoms with Crippen molar-refractivity contribution >= 4 is 5.91 Å². The summed E-state index contributed by atoms with van der Waals surface area (Å²) < 4.78 is 0. The fraction of sp³-hybridized carbons (Fsp3) is 0.538. The number of hydrogen-bond acceptors (Lipinski definition) is 3. The fourth-order valence-corrected chi connectivity index (χ4v) is 2.12. The molecule has 0 bridgehead atoms. The first kappa shape index (κ1) is 12.0. The maximum Gasteiger partial charge on any atom is 0.251 e. The van der Waals surface area contributed by atoms with E-state index in [0.717, 1.165) is 38.0 Å². The SMILES string of the molecule is Cc1cc(C(=O)NC2CCCNCC2)ccn1. The van der Waals surface area contributed by atoms with E-state index in [1.807, 2.05) is 13.0 Å². The second-order valence-corrected chi connectivity index (χ2v) is 4.54. The van der Waals surface area contributed by atoms with E-state index in [0.29, 0.717) is 11.6 Å². The highest BCUT2D eigenvalue weighted by molar-refractivity contribution is 5.94. The number of hydrogen-bond donors (Lipinski definition) is 2. The minimum absolute atomic E-state index is 0.0161. The molecule has 0 aromatic carbocycles. The molecule has 1 aliphatic rings. The van der Waals surface area contributed by atoms with E-state index in [1.165, 1.54) is 0 Å². The van der Waals surface area contributed by atoms with Crippen molar-refractivity contribution in [3.8, 4) is 0 Å². The third-order valence-electron chi connectivity index (χ3n) is 3.07. The number of aryl methyl sites for hydroxylation is 1. The van der Waals surface area contributed by atoms with Crippen LogP contribution in [0.25, 0.3) is 0 Å². The van der Waals surface area contributed by atoms with Crippen molar-refractivity contribution < 1.29 is 4.79 Å². The lowest BCUT2D eigenvalue weighted by molar-refractivity contribution is 0.0934. The molecule has 0 spiro atoms. The van der Waals surface area contributed by atoms with Gasteiger partial charge >= 0.3 is 0 Å². The Labute approximate surface area is 102 Å². The van der Waals surface area contributed by atoms with E-state index >= 15 is 0 Å². The minimum atomic E-state index is 0.0161. The Morgan fingerprint density at radius 1 is 1.47 bits per heavy atom. The van der Waals surface area contributed by atoms with E-state index in [-0.39, 0.29) is 5.91 Å². The molecule has 1 aromatic heterocycles. The van der Waals surface area contributed by atoms with Crippen molar-refractivity contribution in [2.45, 2.75) is 32.2 Å². The molecule has 0 aliphatic carbocycles. The highest BCUT2D eigenvalue weighted by Crippen LogP contribution is 2.07. The Hall–Kier alpha value is -1.42. The van der Waals surface area contributed by atoms with Gasteiger partial charge in [0.05, 0.1) is 0 Å². The van der Waals surface area contributed by atoms with Gasteiger partial charge in [-0.25, -0.2) is 0 Å². The van der Waals surface area contributed by atoms with Crippen LogP contribution in [-0.4, -0.2) is 30.0 Å². The van der Waals surface area contributed by atoms with Gasteiger partial charge in [0, 0.05) is 23.5 Å². The van der Waals surface area contributed by atoms with Crippen LogP contribution in [0, 0.1) is 6.92 Å². The molecule has 1 aromatic rings. The van der Waals surface area contributed by atoms with Gasteiger partial charge < -0.3 is 10.6 Å². The second-order valence-electron chi connectivity index (χ2n) is 4.54. The normalized spacial score (nSPS) is 20.6. The molecule has 1 atom stereocenters. The topological polar surface area (TPSA) is 54.0 Å². The molecule has 2 rings (SSSR count). The third kappa shape index (κ3) is 3.53. The maximum absolute atomic E-state index is 12.0. The average Bonchev–Trinajstić information content (AvgIpc) is 2.57. The highest BCUT2D eigenvalue weighted by Gasteiger charge is 2.15. The summed E-state index contributed by atoms with van der Waals surface area (Å²) in [5.41, 5.74) is 1.58. The molecule has 1 amide bonds. The molecule has 1 unspecified atom stereocenters. The van der Waals surface area contributed by atoms with Crippen LogP contribution >= 0.6 is 0 Å². The molecule has 0 radical (unpaired) electrons. The quantitative estimate of drug-likeness (QED) is 0.808. The van der Waals surface area contributed by atoms with Crippen LogP contribution < -0.4 is 10.6 Å². The lowest BCUT2D eigenvalue weighted by atomic mass is 10.1. The first-order valence-corrected chi connectivity index (χ1v) is 6.20. The largest absolute Gasteiger partial charge is 0.349 e. The van der Waals surface area contributed by atoms with Crippen LogP contribution in [0.15, 0.2) is 18.3 Å². The lowest BCUT2D eigenvalue weighted by Crippen LogP contribution is -2.35. The van der Waals surface area contributed by atoms with E-state index in [9.17, 15) is 4.79 Å². The summed E-state index contributed by atoms with van der Waals surface area (Å²) in [5, 5.41) is 6.43. The highest BCUT2D eigenvalue weighted by atomic mass is 16.1. The van der Waals surface area contributed by atoms with Gasteiger partial charge in [0.1, 0.15) is 0 Å². The van der Waals surface area contributed by atoms with Crippen LogP contribution in [0.3, 0.4) is 0 Å². The number of aromatic nitrogens is 1. The van der Waals surface area contributed by atoms with Crippen LogP contribution in [0.5, 0.6) is 0 Å². The van der Waals surface area contributed by atoms with Crippen LogP contribution in [0.1, 0.15) is 35.3 Å². The predicted octanol–water partition coefficient (Wildman–Crippen LogP) is 1.26. The van der Waals surface area contributed by atoms with Gasteiger partial charge in [-0.2, -0.15) is 0 Å². The average molecular weight is 233 g/mol. The summed E-state index contributed by atoms with van der Waals surface area (Å²) in [4.78, 5) is 16.1. The zero-order valence-corrected chi connectivity index (χ0v) is 10.2. The number of nitrogens with zero attached hydrogens (tertiary/aromatic N) is 1. The first-order valence-electron chi connectivity index (χ1n) is 6.20. The Balaban J connectivity index is 1.96. The van der Waals surface area contributed by atoms with Crippen molar-refractivity contribution in [3.05, 3.63) is 29.6 Å². The summed E-state index contributed by atoms with van der Waals surface area (Å²) in [6.07, 6.45) is 4.87. The third-order valence-corrected chi connectivity index (χ3v) is 3.07. The van der Waals surface area contributed by atoms with Gasteiger partial charge in [-0.05, 0) is 51.4 Å². The molecule has 4 heteroatoms. The fourth-order valence-electron chi connectivity index (χ4n) is 2.12. The standard InChI is InChI=1S/C13H19N3O/c1-10-9-11(4-8-15-10)13(17)16-12-3-2-6-14-7-5-12/h4,8-9,12,14H,2-3,5-7H2,1H3,(H,16,17). The molecule has 1 fully saturated rings. The van der Waals surface area contributed by atoms with E-state index in [2.05, 4.69) is 15.6 Å². The Bertz CT molecular complexity index is 384. The molecule has 2 N–H and O–H groups in total. The number of nitrogens with one attached hydrogen (secondary N) is 2. The minimum Gasteiger partial charge on any atom is -0.349 e. The molecular weight excluding hydrogens is 214 g/mol. The summed E-state index contributed by atoms with van der Waals surface area (Å²) in [6.45, 7) is 3.94.